The summed E-state index contributed by atoms with van der Waals surface area (Å²) < 4.78 is 19.1. The van der Waals surface area contributed by atoms with E-state index in [1.807, 2.05) is 0 Å². The number of ether oxygens (including phenoxy) is 1. The lowest BCUT2D eigenvalue weighted by Crippen LogP contribution is -2.34. The Kier molecular flexibility index (Phi) is 4.99. The zero-order chi connectivity index (χ0) is 17.2. The van der Waals surface area contributed by atoms with E-state index in [-0.39, 0.29) is 0 Å². The first-order valence-corrected chi connectivity index (χ1v) is 7.71. The number of carbonyl (C=O) groups excluding carboxylic acids is 1. The van der Waals surface area contributed by atoms with Crippen molar-refractivity contribution < 1.29 is 13.9 Å². The van der Waals surface area contributed by atoms with Crippen LogP contribution >= 0.6 is 15.9 Å². The van der Waals surface area contributed by atoms with Crippen molar-refractivity contribution in [3.8, 4) is 11.3 Å². The van der Waals surface area contributed by atoms with Crippen molar-refractivity contribution in [3.05, 3.63) is 40.9 Å². The normalized spacial score (nSPS) is 11.2. The van der Waals surface area contributed by atoms with Gasteiger partial charge in [0.25, 0.3) is 0 Å². The Morgan fingerprint density at radius 3 is 2.48 bits per heavy atom. The Morgan fingerprint density at radius 1 is 1.26 bits per heavy atom. The van der Waals surface area contributed by atoms with Crippen LogP contribution in [0.3, 0.4) is 0 Å². The lowest BCUT2D eigenvalue weighted by Gasteiger charge is -2.24. The summed E-state index contributed by atoms with van der Waals surface area (Å²) in [6.07, 6.45) is 2.43. The van der Waals surface area contributed by atoms with Crippen LogP contribution in [0, 0.1) is 5.82 Å². The second kappa shape index (κ2) is 6.62. The molecule has 2 heterocycles. The van der Waals surface area contributed by atoms with Gasteiger partial charge in [0.15, 0.2) is 0 Å². The Balaban J connectivity index is 2.18. The first kappa shape index (κ1) is 17.3. The summed E-state index contributed by atoms with van der Waals surface area (Å²) in [7, 11) is 1.58. The van der Waals surface area contributed by atoms with E-state index in [1.165, 1.54) is 23.4 Å². The van der Waals surface area contributed by atoms with Crippen LogP contribution in [-0.2, 0) is 4.74 Å². The van der Waals surface area contributed by atoms with E-state index in [2.05, 4.69) is 25.9 Å². The molecule has 23 heavy (non-hydrogen) atoms. The highest BCUT2D eigenvalue weighted by Crippen LogP contribution is 2.23. The molecule has 2 rings (SSSR count). The Morgan fingerprint density at radius 2 is 1.96 bits per heavy atom. The third-order valence-electron chi connectivity index (χ3n) is 2.86. The predicted octanol–water partition coefficient (Wildman–Crippen LogP) is 4.42. The zero-order valence-electron chi connectivity index (χ0n) is 13.3. The molecule has 2 aromatic rings. The number of carbonyl (C=O) groups is 1. The maximum Gasteiger partial charge on any atom is 0.415 e. The summed E-state index contributed by atoms with van der Waals surface area (Å²) in [5.41, 5.74) is 0.534. The van der Waals surface area contributed by atoms with Gasteiger partial charge in [-0.15, -0.1) is 0 Å². The molecule has 0 bridgehead atoms. The molecule has 0 radical (unpaired) electrons. The SMILES string of the molecule is CN(C(=O)OC(C)(C)C)c1ccc(-c2cc(F)c(Br)cn2)cn1. The van der Waals surface area contributed by atoms with E-state index in [0.717, 1.165) is 0 Å². The number of halogens is 2. The number of pyridine rings is 2. The standard InChI is InChI=1S/C16H17BrFN3O2/c1-16(2,3)23-15(22)21(4)14-6-5-10(8-20-14)13-7-12(18)11(17)9-19-13/h5-9H,1-4H3. The molecule has 0 fully saturated rings. The fourth-order valence-corrected chi connectivity index (χ4v) is 1.95. The summed E-state index contributed by atoms with van der Waals surface area (Å²) in [4.78, 5) is 21.6. The first-order valence-electron chi connectivity index (χ1n) is 6.91. The smallest absolute Gasteiger partial charge is 0.415 e. The van der Waals surface area contributed by atoms with E-state index < -0.39 is 17.5 Å². The first-order chi connectivity index (χ1) is 10.7. The van der Waals surface area contributed by atoms with Crippen molar-refractivity contribution in [2.75, 3.05) is 11.9 Å². The van der Waals surface area contributed by atoms with Gasteiger partial charge in [0.2, 0.25) is 0 Å². The van der Waals surface area contributed by atoms with Gasteiger partial charge in [-0.1, -0.05) is 0 Å². The van der Waals surface area contributed by atoms with Crippen molar-refractivity contribution in [1.29, 1.82) is 0 Å². The van der Waals surface area contributed by atoms with Gasteiger partial charge in [-0.3, -0.25) is 9.88 Å². The molecule has 1 amide bonds. The summed E-state index contributed by atoms with van der Waals surface area (Å²) in [5, 5.41) is 0. The highest BCUT2D eigenvalue weighted by Gasteiger charge is 2.21. The van der Waals surface area contributed by atoms with Crippen LogP contribution < -0.4 is 4.90 Å². The fourth-order valence-electron chi connectivity index (χ4n) is 1.73. The van der Waals surface area contributed by atoms with Crippen LogP contribution in [0.25, 0.3) is 11.3 Å². The van der Waals surface area contributed by atoms with Gasteiger partial charge in [0, 0.05) is 31.1 Å². The summed E-state index contributed by atoms with van der Waals surface area (Å²) in [6, 6.07) is 4.69. The third-order valence-corrected chi connectivity index (χ3v) is 3.45. The Hall–Kier alpha value is -2.02. The number of rotatable bonds is 2. The van der Waals surface area contributed by atoms with Crippen molar-refractivity contribution in [3.63, 3.8) is 0 Å². The van der Waals surface area contributed by atoms with Crippen LogP contribution in [0.15, 0.2) is 35.1 Å². The largest absolute Gasteiger partial charge is 0.443 e. The van der Waals surface area contributed by atoms with Gasteiger partial charge in [-0.2, -0.15) is 0 Å². The number of amides is 1. The lowest BCUT2D eigenvalue weighted by atomic mass is 10.2. The van der Waals surface area contributed by atoms with E-state index in [1.54, 1.807) is 40.0 Å². The van der Waals surface area contributed by atoms with Crippen LogP contribution in [0.5, 0.6) is 0 Å². The average molecular weight is 382 g/mol. The highest BCUT2D eigenvalue weighted by atomic mass is 79.9. The van der Waals surface area contributed by atoms with E-state index in [4.69, 9.17) is 4.74 Å². The highest BCUT2D eigenvalue weighted by molar-refractivity contribution is 9.10. The minimum Gasteiger partial charge on any atom is -0.443 e. The molecular formula is C16H17BrFN3O2. The summed E-state index contributed by atoms with van der Waals surface area (Å²) in [6.45, 7) is 5.38. The van der Waals surface area contributed by atoms with E-state index in [9.17, 15) is 9.18 Å². The fraction of sp³-hybridized carbons (Fsp3) is 0.312. The number of hydrogen-bond acceptors (Lipinski definition) is 4. The Labute approximate surface area is 142 Å². The molecule has 0 saturated carbocycles. The quantitative estimate of drug-likeness (QED) is 0.772. The molecule has 0 unspecified atom stereocenters. The second-order valence-corrected chi connectivity index (χ2v) is 6.78. The summed E-state index contributed by atoms with van der Waals surface area (Å²) >= 11 is 3.06. The maximum atomic E-state index is 13.6. The number of hydrogen-bond donors (Lipinski definition) is 0. The van der Waals surface area contributed by atoms with Crippen LogP contribution in [0.2, 0.25) is 0 Å². The van der Waals surface area contributed by atoms with Crippen molar-refractivity contribution >= 4 is 27.8 Å². The molecule has 0 saturated heterocycles. The van der Waals surface area contributed by atoms with Gasteiger partial charge >= 0.3 is 6.09 Å². The molecule has 0 aliphatic rings. The molecule has 0 spiro atoms. The molecule has 5 nitrogen and oxygen atoms in total. The van der Waals surface area contributed by atoms with Crippen LogP contribution in [-0.4, -0.2) is 28.7 Å². The number of nitrogens with zero attached hydrogens (tertiary/aromatic N) is 3. The maximum absolute atomic E-state index is 13.6. The Bertz CT molecular complexity index is 714. The molecule has 0 aliphatic heterocycles. The summed E-state index contributed by atoms with van der Waals surface area (Å²) in [5.74, 6) is 0.0329. The van der Waals surface area contributed by atoms with Crippen LogP contribution in [0.4, 0.5) is 15.0 Å². The van der Waals surface area contributed by atoms with Crippen molar-refractivity contribution in [2.45, 2.75) is 26.4 Å². The van der Waals surface area contributed by atoms with Gasteiger partial charge in [0.1, 0.15) is 17.2 Å². The molecular weight excluding hydrogens is 365 g/mol. The topological polar surface area (TPSA) is 55.3 Å². The predicted molar refractivity (Wildman–Crippen MR) is 89.8 cm³/mol. The third kappa shape index (κ3) is 4.48. The van der Waals surface area contributed by atoms with Crippen molar-refractivity contribution in [1.82, 2.24) is 9.97 Å². The molecule has 2 aromatic heterocycles. The molecule has 122 valence electrons. The van der Waals surface area contributed by atoms with E-state index in [0.29, 0.717) is 21.5 Å². The monoisotopic (exact) mass is 381 g/mol. The van der Waals surface area contributed by atoms with Crippen LogP contribution in [0.1, 0.15) is 20.8 Å². The lowest BCUT2D eigenvalue weighted by molar-refractivity contribution is 0.0588. The van der Waals surface area contributed by atoms with Gasteiger partial charge in [-0.25, -0.2) is 14.2 Å². The number of aromatic nitrogens is 2. The second-order valence-electron chi connectivity index (χ2n) is 5.93. The molecule has 0 N–H and O–H groups in total. The van der Waals surface area contributed by atoms with E-state index >= 15 is 0 Å². The number of anilines is 1. The molecule has 7 heteroatoms. The minimum atomic E-state index is -0.579. The molecule has 0 aliphatic carbocycles. The van der Waals surface area contributed by atoms with Gasteiger partial charge in [0.05, 0.1) is 10.2 Å². The average Bonchev–Trinajstić information content (AvgIpc) is 2.48. The van der Waals surface area contributed by atoms with Gasteiger partial charge in [-0.05, 0) is 48.8 Å². The minimum absolute atomic E-state index is 0.301. The van der Waals surface area contributed by atoms with Crippen molar-refractivity contribution in [2.24, 2.45) is 0 Å². The molecule has 0 aromatic carbocycles. The molecule has 0 atom stereocenters. The van der Waals surface area contributed by atoms with Gasteiger partial charge < -0.3 is 4.74 Å². The zero-order valence-corrected chi connectivity index (χ0v) is 14.9.